The van der Waals surface area contributed by atoms with Crippen LogP contribution in [0.1, 0.15) is 66.1 Å². The zero-order chi connectivity index (χ0) is 25.2. The Morgan fingerprint density at radius 2 is 1.56 bits per heavy atom. The molecule has 6 heteroatoms. The molecule has 1 saturated carbocycles. The molecule has 0 aromatic heterocycles. The third kappa shape index (κ3) is 5.09. The molecule has 186 valence electrons. The lowest BCUT2D eigenvalue weighted by molar-refractivity contribution is 0.0728. The van der Waals surface area contributed by atoms with Crippen molar-refractivity contribution in [1.29, 1.82) is 0 Å². The van der Waals surface area contributed by atoms with Crippen molar-refractivity contribution in [3.8, 4) is 16.9 Å². The summed E-state index contributed by atoms with van der Waals surface area (Å²) in [7, 11) is 0. The first-order valence-electron chi connectivity index (χ1n) is 12.3. The lowest BCUT2D eigenvalue weighted by atomic mass is 9.78. The normalized spacial score (nSPS) is 21.5. The van der Waals surface area contributed by atoms with Crippen LogP contribution in [0.3, 0.4) is 0 Å². The zero-order valence-corrected chi connectivity index (χ0v) is 20.0. The van der Waals surface area contributed by atoms with E-state index in [4.69, 9.17) is 9.47 Å². The number of hydrogen-bond donors (Lipinski definition) is 0. The van der Waals surface area contributed by atoms with Gasteiger partial charge in [0, 0.05) is 5.56 Å². The lowest BCUT2D eigenvalue weighted by Gasteiger charge is -2.27. The Hall–Kier alpha value is -3.38. The average Bonchev–Trinajstić information content (AvgIpc) is 3.72. The van der Waals surface area contributed by atoms with Gasteiger partial charge < -0.3 is 9.47 Å². The first-order chi connectivity index (χ1) is 17.4. The summed E-state index contributed by atoms with van der Waals surface area (Å²) in [5, 5.41) is 0. The first kappa shape index (κ1) is 24.3. The molecule has 0 spiro atoms. The number of benzene rings is 3. The molecule has 0 amide bonds. The molecule has 0 radical (unpaired) electrons. The summed E-state index contributed by atoms with van der Waals surface area (Å²) in [5.74, 6) is -2.86. The van der Waals surface area contributed by atoms with Crippen LogP contribution in [0.2, 0.25) is 0 Å². The smallest absolute Gasteiger partial charge is 0.346 e. The number of carbonyl (C=O) groups excluding carboxylic acids is 1. The summed E-state index contributed by atoms with van der Waals surface area (Å²) in [4.78, 5) is 12.6. The van der Waals surface area contributed by atoms with Crippen molar-refractivity contribution in [3.63, 3.8) is 0 Å². The summed E-state index contributed by atoms with van der Waals surface area (Å²) in [6, 6.07) is 14.2. The maximum absolute atomic E-state index is 14.9. The second-order valence-corrected chi connectivity index (χ2v) is 9.44. The van der Waals surface area contributed by atoms with Gasteiger partial charge in [0.1, 0.15) is 17.7 Å². The molecule has 3 aromatic carbocycles. The van der Waals surface area contributed by atoms with Crippen LogP contribution < -0.4 is 4.74 Å². The fraction of sp³-hybridized carbons (Fsp3) is 0.300. The van der Waals surface area contributed by atoms with Gasteiger partial charge in [-0.3, -0.25) is 0 Å². The van der Waals surface area contributed by atoms with E-state index in [2.05, 4.69) is 6.08 Å². The molecule has 36 heavy (non-hydrogen) atoms. The molecule has 1 atom stereocenters. The number of ether oxygens (including phenoxy) is 2. The quantitative estimate of drug-likeness (QED) is 0.152. The SMILES string of the molecule is C/C=C/C1CCC(c2ccc(C(=O)Oc3ccc(-c4ccc(C5CO5)c(F)c4)cc3)c(F)c2F)CC1. The number of epoxide rings is 1. The second kappa shape index (κ2) is 10.3. The monoisotopic (exact) mass is 492 g/mol. The van der Waals surface area contributed by atoms with Crippen molar-refractivity contribution in [2.24, 2.45) is 5.92 Å². The fourth-order valence-electron chi connectivity index (χ4n) is 5.01. The molecular weight excluding hydrogens is 465 g/mol. The van der Waals surface area contributed by atoms with Crippen molar-refractivity contribution in [1.82, 2.24) is 0 Å². The highest BCUT2D eigenvalue weighted by Gasteiger charge is 2.28. The molecule has 1 aliphatic carbocycles. The van der Waals surface area contributed by atoms with Crippen LogP contribution in [-0.4, -0.2) is 12.6 Å². The van der Waals surface area contributed by atoms with Gasteiger partial charge in [-0.05, 0) is 85.4 Å². The zero-order valence-electron chi connectivity index (χ0n) is 20.0. The van der Waals surface area contributed by atoms with E-state index in [0.717, 1.165) is 31.2 Å². The number of carbonyl (C=O) groups is 1. The van der Waals surface area contributed by atoms with Crippen molar-refractivity contribution in [2.45, 2.75) is 44.6 Å². The second-order valence-electron chi connectivity index (χ2n) is 9.44. The summed E-state index contributed by atoms with van der Waals surface area (Å²) in [6.07, 6.45) is 7.45. The van der Waals surface area contributed by atoms with Crippen LogP contribution in [0.25, 0.3) is 11.1 Å². The van der Waals surface area contributed by atoms with Gasteiger partial charge in [-0.15, -0.1) is 0 Å². The highest BCUT2D eigenvalue weighted by molar-refractivity contribution is 5.91. The van der Waals surface area contributed by atoms with Crippen LogP contribution in [-0.2, 0) is 4.74 Å². The molecule has 5 rings (SSSR count). The van der Waals surface area contributed by atoms with Gasteiger partial charge in [0.2, 0.25) is 0 Å². The van der Waals surface area contributed by atoms with Crippen LogP contribution in [0, 0.1) is 23.4 Å². The molecule has 1 aliphatic heterocycles. The molecule has 0 N–H and O–H groups in total. The highest BCUT2D eigenvalue weighted by Crippen LogP contribution is 2.38. The first-order valence-corrected chi connectivity index (χ1v) is 12.3. The highest BCUT2D eigenvalue weighted by atomic mass is 19.2. The molecule has 2 fully saturated rings. The lowest BCUT2D eigenvalue weighted by Crippen LogP contribution is -2.16. The van der Waals surface area contributed by atoms with Crippen LogP contribution in [0.5, 0.6) is 5.75 Å². The van der Waals surface area contributed by atoms with Gasteiger partial charge in [0.15, 0.2) is 11.6 Å². The Balaban J connectivity index is 1.26. The molecule has 1 unspecified atom stereocenters. The molecule has 1 heterocycles. The van der Waals surface area contributed by atoms with E-state index in [1.807, 2.05) is 13.0 Å². The van der Waals surface area contributed by atoms with Gasteiger partial charge in [-0.25, -0.2) is 18.0 Å². The fourth-order valence-corrected chi connectivity index (χ4v) is 5.01. The Labute approximate surface area is 208 Å². The largest absolute Gasteiger partial charge is 0.423 e. The maximum Gasteiger partial charge on any atom is 0.346 e. The van der Waals surface area contributed by atoms with E-state index in [0.29, 0.717) is 29.2 Å². The standard InChI is InChI=1S/C30H27F3O3/c1-2-3-18-4-6-20(7-5-18)23-14-15-25(29(33)28(23)32)30(34)36-22-11-8-19(9-12-22)21-10-13-24(26(31)16-21)27-17-35-27/h2-3,8-16,18,20,27H,4-7,17H2,1H3/b3-2+. The predicted octanol–water partition coefficient (Wildman–Crippen LogP) is 7.91. The van der Waals surface area contributed by atoms with Crippen molar-refractivity contribution < 1.29 is 27.4 Å². The minimum atomic E-state index is -1.18. The molecule has 2 aliphatic rings. The number of halogens is 3. The number of allylic oxidation sites excluding steroid dienone is 2. The third-order valence-corrected chi connectivity index (χ3v) is 7.09. The Bertz CT molecular complexity index is 1290. The van der Waals surface area contributed by atoms with E-state index in [-0.39, 0.29) is 23.6 Å². The number of rotatable bonds is 6. The number of hydrogen-bond acceptors (Lipinski definition) is 3. The molecular formula is C30H27F3O3. The Morgan fingerprint density at radius 3 is 2.19 bits per heavy atom. The molecule has 0 bridgehead atoms. The van der Waals surface area contributed by atoms with E-state index in [1.54, 1.807) is 24.3 Å². The van der Waals surface area contributed by atoms with Crippen molar-refractivity contribution >= 4 is 5.97 Å². The topological polar surface area (TPSA) is 38.8 Å². The van der Waals surface area contributed by atoms with Gasteiger partial charge in [-0.1, -0.05) is 42.5 Å². The Kier molecular flexibility index (Phi) is 6.97. The Morgan fingerprint density at radius 1 is 0.889 bits per heavy atom. The molecule has 1 saturated heterocycles. The van der Waals surface area contributed by atoms with Gasteiger partial charge in [-0.2, -0.15) is 0 Å². The minimum Gasteiger partial charge on any atom is -0.423 e. The van der Waals surface area contributed by atoms with Gasteiger partial charge >= 0.3 is 5.97 Å². The summed E-state index contributed by atoms with van der Waals surface area (Å²) < 4.78 is 54.5. The van der Waals surface area contributed by atoms with Gasteiger partial charge in [0.25, 0.3) is 0 Å². The molecule has 3 nitrogen and oxygen atoms in total. The van der Waals surface area contributed by atoms with Gasteiger partial charge in [0.05, 0.1) is 12.2 Å². The van der Waals surface area contributed by atoms with Crippen LogP contribution >= 0.6 is 0 Å². The van der Waals surface area contributed by atoms with E-state index < -0.39 is 23.2 Å². The maximum atomic E-state index is 14.9. The van der Waals surface area contributed by atoms with Crippen LogP contribution in [0.15, 0.2) is 66.7 Å². The van der Waals surface area contributed by atoms with Crippen molar-refractivity contribution in [3.05, 3.63) is 101 Å². The van der Waals surface area contributed by atoms with E-state index >= 15 is 0 Å². The molecule has 3 aromatic rings. The van der Waals surface area contributed by atoms with E-state index in [1.165, 1.54) is 30.3 Å². The summed E-state index contributed by atoms with van der Waals surface area (Å²) >= 11 is 0. The summed E-state index contributed by atoms with van der Waals surface area (Å²) in [6.45, 7) is 2.51. The summed E-state index contributed by atoms with van der Waals surface area (Å²) in [5.41, 5.74) is 1.80. The predicted molar refractivity (Wildman–Crippen MR) is 131 cm³/mol. The minimum absolute atomic E-state index is 0.0608. The van der Waals surface area contributed by atoms with E-state index in [9.17, 15) is 18.0 Å². The van der Waals surface area contributed by atoms with Crippen molar-refractivity contribution in [2.75, 3.05) is 6.61 Å². The number of esters is 1. The third-order valence-electron chi connectivity index (χ3n) is 7.09. The van der Waals surface area contributed by atoms with Crippen LogP contribution in [0.4, 0.5) is 13.2 Å². The average molecular weight is 493 g/mol.